The monoisotopic (exact) mass is 1140 g/mol. The van der Waals surface area contributed by atoms with Crippen LogP contribution < -0.4 is 0 Å². The summed E-state index contributed by atoms with van der Waals surface area (Å²) in [5.74, 6) is -0.895. The molecule has 0 aliphatic carbocycles. The summed E-state index contributed by atoms with van der Waals surface area (Å²) in [6, 6.07) is 0. The highest BCUT2D eigenvalue weighted by Crippen LogP contribution is 2.17. The maximum absolute atomic E-state index is 13.0. The van der Waals surface area contributed by atoms with Crippen molar-refractivity contribution in [3.8, 4) is 0 Å². The normalized spacial score (nSPS) is 12.8. The van der Waals surface area contributed by atoms with Gasteiger partial charge in [-0.1, -0.05) is 304 Å². The van der Waals surface area contributed by atoms with Gasteiger partial charge in [-0.05, 0) is 122 Å². The van der Waals surface area contributed by atoms with E-state index in [2.05, 4.69) is 130 Å². The summed E-state index contributed by atoms with van der Waals surface area (Å²) < 4.78 is 17.0. The molecule has 0 N–H and O–H groups in total. The Morgan fingerprint density at radius 1 is 0.256 bits per heavy atom. The second kappa shape index (κ2) is 69.6. The molecule has 0 heterocycles. The van der Waals surface area contributed by atoms with Gasteiger partial charge in [0.1, 0.15) is 13.2 Å². The zero-order valence-corrected chi connectivity index (χ0v) is 54.0. The van der Waals surface area contributed by atoms with Crippen LogP contribution in [0.1, 0.15) is 335 Å². The first-order valence-electron chi connectivity index (χ1n) is 34.9. The highest BCUT2D eigenvalue weighted by atomic mass is 16.6. The molecule has 0 aromatic heterocycles. The van der Waals surface area contributed by atoms with Gasteiger partial charge in [0, 0.05) is 19.3 Å². The lowest BCUT2D eigenvalue weighted by Crippen LogP contribution is -2.30. The lowest BCUT2D eigenvalue weighted by molar-refractivity contribution is -0.167. The van der Waals surface area contributed by atoms with Crippen molar-refractivity contribution in [3.05, 3.63) is 109 Å². The molecule has 0 aromatic carbocycles. The molecule has 0 fully saturated rings. The van der Waals surface area contributed by atoms with Gasteiger partial charge in [0.15, 0.2) is 6.10 Å². The largest absolute Gasteiger partial charge is 0.462 e. The summed E-state index contributed by atoms with van der Waals surface area (Å²) in [5, 5.41) is 0. The van der Waals surface area contributed by atoms with E-state index in [0.29, 0.717) is 19.3 Å². The van der Waals surface area contributed by atoms with Crippen molar-refractivity contribution in [3.63, 3.8) is 0 Å². The number of carbonyl (C=O) groups is 3. The molecule has 0 spiro atoms. The zero-order chi connectivity index (χ0) is 59.2. The van der Waals surface area contributed by atoms with Gasteiger partial charge in [0.05, 0.1) is 0 Å². The van der Waals surface area contributed by atoms with E-state index in [4.69, 9.17) is 14.2 Å². The topological polar surface area (TPSA) is 78.9 Å². The number of allylic oxidation sites excluding steroid dienone is 18. The lowest BCUT2D eigenvalue weighted by Gasteiger charge is -2.18. The molecule has 1 atom stereocenters. The quantitative estimate of drug-likeness (QED) is 0.0261. The average molecular weight is 1140 g/mol. The first-order valence-corrected chi connectivity index (χ1v) is 34.9. The first kappa shape index (κ1) is 78.1. The Morgan fingerprint density at radius 3 is 0.780 bits per heavy atom. The fourth-order valence-corrected chi connectivity index (χ4v) is 9.75. The van der Waals surface area contributed by atoms with E-state index in [0.717, 1.165) is 128 Å². The SMILES string of the molecule is CC/C=C\C/C=C\C/C=C\C/C=C\CCCCCCCCCCCCCCCCC(=O)OCC(COC(=O)CCCCCCC/C=C\C/C=C\CCCC)OC(=O)CCCCCCCCCC/C=C\C/C=C\C/C=C\CCCCCCC. The predicted octanol–water partition coefficient (Wildman–Crippen LogP) is 24.2. The van der Waals surface area contributed by atoms with Crippen molar-refractivity contribution in [1.29, 1.82) is 0 Å². The van der Waals surface area contributed by atoms with E-state index >= 15 is 0 Å². The highest BCUT2D eigenvalue weighted by molar-refractivity contribution is 5.71. The number of carbonyl (C=O) groups excluding carboxylic acids is 3. The molecule has 0 radical (unpaired) electrons. The number of hydrogen-bond acceptors (Lipinski definition) is 6. The predicted molar refractivity (Wildman–Crippen MR) is 357 cm³/mol. The van der Waals surface area contributed by atoms with Gasteiger partial charge >= 0.3 is 17.9 Å². The standard InChI is InChI=1S/C76H130O6/c1-4-7-10-13-16-19-22-25-28-30-32-34-36-37-38-39-41-42-44-46-48-51-54-57-60-63-66-69-75(78)81-72-73(71-80-74(77)68-65-62-59-56-53-50-27-24-21-18-15-12-9-6-3)82-76(79)70-67-64-61-58-55-52-49-47-45-43-40-35-33-31-29-26-23-20-17-14-11-8-5-2/h7,10,15-16,18-19,23-28,31-34,40,43,73H,4-6,8-9,11-14,17,20-22,29-30,35-39,41-42,44-72H2,1-3H3/b10-7-,18-15-,19-16-,26-23-,27-24-,28-25-,33-31-,34-32-,43-40-. The molecule has 1 unspecified atom stereocenters. The van der Waals surface area contributed by atoms with Gasteiger partial charge in [-0.2, -0.15) is 0 Å². The first-order chi connectivity index (χ1) is 40.5. The summed E-state index contributed by atoms with van der Waals surface area (Å²) >= 11 is 0. The Labute approximate surface area is 508 Å². The number of esters is 3. The molecule has 0 saturated carbocycles. The second-order valence-electron chi connectivity index (χ2n) is 23.1. The molecule has 0 aliphatic heterocycles. The average Bonchev–Trinajstić information content (AvgIpc) is 3.48. The Bertz CT molecular complexity index is 1640. The van der Waals surface area contributed by atoms with E-state index < -0.39 is 6.10 Å². The molecule has 0 amide bonds. The van der Waals surface area contributed by atoms with E-state index in [1.54, 1.807) is 0 Å². The minimum absolute atomic E-state index is 0.0851. The van der Waals surface area contributed by atoms with Crippen LogP contribution in [0.2, 0.25) is 0 Å². The third-order valence-corrected chi connectivity index (χ3v) is 15.0. The summed E-state index contributed by atoms with van der Waals surface area (Å²) in [6.45, 7) is 6.49. The Balaban J connectivity index is 4.32. The fraction of sp³-hybridized carbons (Fsp3) is 0.724. The van der Waals surface area contributed by atoms with Crippen LogP contribution >= 0.6 is 0 Å². The lowest BCUT2D eigenvalue weighted by atomic mass is 10.0. The van der Waals surface area contributed by atoms with E-state index in [-0.39, 0.29) is 31.1 Å². The maximum atomic E-state index is 13.0. The van der Waals surface area contributed by atoms with E-state index in [1.807, 2.05) is 0 Å². The molecule has 0 rings (SSSR count). The van der Waals surface area contributed by atoms with Crippen LogP contribution in [0.15, 0.2) is 109 Å². The van der Waals surface area contributed by atoms with Crippen LogP contribution in [0, 0.1) is 0 Å². The van der Waals surface area contributed by atoms with Crippen molar-refractivity contribution in [2.45, 2.75) is 341 Å². The molecule has 0 aromatic rings. The molecule has 82 heavy (non-hydrogen) atoms. The second-order valence-corrected chi connectivity index (χ2v) is 23.1. The number of ether oxygens (including phenoxy) is 3. The van der Waals surface area contributed by atoms with Gasteiger partial charge in [0.2, 0.25) is 0 Å². The van der Waals surface area contributed by atoms with Crippen molar-refractivity contribution >= 4 is 17.9 Å². The summed E-state index contributed by atoms with van der Waals surface area (Å²) in [5.41, 5.74) is 0. The number of unbranched alkanes of at least 4 members (excludes halogenated alkanes) is 34. The van der Waals surface area contributed by atoms with Crippen molar-refractivity contribution in [1.82, 2.24) is 0 Å². The zero-order valence-electron chi connectivity index (χ0n) is 54.0. The third-order valence-electron chi connectivity index (χ3n) is 15.0. The molecule has 0 aliphatic rings. The molecular weight excluding hydrogens is 1010 g/mol. The summed E-state index contributed by atoms with van der Waals surface area (Å²) in [6.07, 6.45) is 95.3. The molecular formula is C76H130O6. The Kier molecular flexibility index (Phi) is 66.2. The van der Waals surface area contributed by atoms with E-state index in [9.17, 15) is 14.4 Å². The Hall–Kier alpha value is -3.93. The minimum Gasteiger partial charge on any atom is -0.462 e. The van der Waals surface area contributed by atoms with Gasteiger partial charge < -0.3 is 14.2 Å². The third kappa shape index (κ3) is 66.9. The highest BCUT2D eigenvalue weighted by Gasteiger charge is 2.19. The molecule has 6 heteroatoms. The smallest absolute Gasteiger partial charge is 0.306 e. The van der Waals surface area contributed by atoms with Crippen LogP contribution in [-0.4, -0.2) is 37.2 Å². The summed E-state index contributed by atoms with van der Waals surface area (Å²) in [4.78, 5) is 38.4. The minimum atomic E-state index is -0.791. The van der Waals surface area contributed by atoms with Gasteiger partial charge in [-0.25, -0.2) is 0 Å². The molecule has 0 bridgehead atoms. The van der Waals surface area contributed by atoms with Crippen LogP contribution in [0.4, 0.5) is 0 Å². The van der Waals surface area contributed by atoms with E-state index in [1.165, 1.54) is 167 Å². The fourth-order valence-electron chi connectivity index (χ4n) is 9.75. The van der Waals surface area contributed by atoms with Crippen molar-refractivity contribution in [2.75, 3.05) is 13.2 Å². The summed E-state index contributed by atoms with van der Waals surface area (Å²) in [7, 11) is 0. The van der Waals surface area contributed by atoms with Gasteiger partial charge in [-0.15, -0.1) is 0 Å². The van der Waals surface area contributed by atoms with Crippen LogP contribution in [-0.2, 0) is 28.6 Å². The van der Waals surface area contributed by atoms with Crippen molar-refractivity contribution < 1.29 is 28.6 Å². The van der Waals surface area contributed by atoms with Crippen LogP contribution in [0.3, 0.4) is 0 Å². The van der Waals surface area contributed by atoms with Gasteiger partial charge in [0.25, 0.3) is 0 Å². The number of hydrogen-bond donors (Lipinski definition) is 0. The van der Waals surface area contributed by atoms with Crippen LogP contribution in [0.5, 0.6) is 0 Å². The van der Waals surface area contributed by atoms with Crippen LogP contribution in [0.25, 0.3) is 0 Å². The molecule has 6 nitrogen and oxygen atoms in total. The Morgan fingerprint density at radius 2 is 0.488 bits per heavy atom. The number of rotatable bonds is 63. The van der Waals surface area contributed by atoms with Crippen molar-refractivity contribution in [2.24, 2.45) is 0 Å². The molecule has 470 valence electrons. The maximum Gasteiger partial charge on any atom is 0.306 e. The van der Waals surface area contributed by atoms with Gasteiger partial charge in [-0.3, -0.25) is 14.4 Å². The molecule has 0 saturated heterocycles.